The molecule has 0 saturated heterocycles. The average molecular weight is 489 g/mol. The molecular weight excluding hydrogens is 457 g/mol. The van der Waals surface area contributed by atoms with Gasteiger partial charge in [0, 0.05) is 5.56 Å². The number of benzene rings is 2. The van der Waals surface area contributed by atoms with Crippen LogP contribution in [0.1, 0.15) is 57.4 Å². The molecule has 0 radical (unpaired) electrons. The van der Waals surface area contributed by atoms with E-state index in [0.29, 0.717) is 5.69 Å². The molecule has 0 aromatic heterocycles. The summed E-state index contributed by atoms with van der Waals surface area (Å²) in [7, 11) is 0. The lowest BCUT2D eigenvalue weighted by Gasteiger charge is -2.26. The quantitative estimate of drug-likeness (QED) is 0.141. The molecule has 0 aliphatic heterocycles. The van der Waals surface area contributed by atoms with Crippen LogP contribution >= 0.6 is 22.6 Å². The zero-order valence-electron chi connectivity index (χ0n) is 16.8. The van der Waals surface area contributed by atoms with E-state index < -0.39 is 0 Å². The van der Waals surface area contributed by atoms with Crippen molar-refractivity contribution in [2.24, 2.45) is 11.8 Å². The molecule has 150 valence electrons. The number of nitrogen functional groups attached to an aromatic ring is 1. The third-order valence-corrected chi connectivity index (χ3v) is 6.99. The highest BCUT2D eigenvalue weighted by atomic mass is 127. The summed E-state index contributed by atoms with van der Waals surface area (Å²) in [6, 6.07) is 12.5. The van der Waals surface area contributed by atoms with Crippen molar-refractivity contribution in [1.82, 2.24) is 0 Å². The van der Waals surface area contributed by atoms with Crippen LogP contribution in [-0.4, -0.2) is 5.11 Å². The van der Waals surface area contributed by atoms with Crippen LogP contribution < -0.4 is 5.73 Å². The Morgan fingerprint density at radius 1 is 1.04 bits per heavy atom. The molecule has 0 spiro atoms. The van der Waals surface area contributed by atoms with E-state index in [2.05, 4.69) is 65.9 Å². The molecule has 0 amide bonds. The molecule has 0 atom stereocenters. The molecule has 3 rings (SSSR count). The summed E-state index contributed by atoms with van der Waals surface area (Å²) >= 11 is 2.10. The van der Waals surface area contributed by atoms with Gasteiger partial charge in [0.25, 0.3) is 0 Å². The van der Waals surface area contributed by atoms with Crippen LogP contribution in [0.25, 0.3) is 11.1 Å². The number of aryl methyl sites for hydroxylation is 1. The summed E-state index contributed by atoms with van der Waals surface area (Å²) in [5, 5.41) is 10.1. The van der Waals surface area contributed by atoms with E-state index in [4.69, 9.17) is 5.73 Å². The first-order valence-electron chi connectivity index (χ1n) is 10.6. The molecule has 1 aliphatic rings. The zero-order chi connectivity index (χ0) is 19.9. The van der Waals surface area contributed by atoms with Crippen molar-refractivity contribution >= 4 is 28.3 Å². The molecule has 0 heterocycles. The Morgan fingerprint density at radius 2 is 1.75 bits per heavy atom. The van der Waals surface area contributed by atoms with Gasteiger partial charge in [-0.3, -0.25) is 0 Å². The number of phenols is 1. The minimum Gasteiger partial charge on any atom is -0.505 e. The predicted molar refractivity (Wildman–Crippen MR) is 128 cm³/mol. The Labute approximate surface area is 183 Å². The normalized spacial score (nSPS) is 19.9. The summed E-state index contributed by atoms with van der Waals surface area (Å²) in [5.74, 6) is 1.96. The SMILES string of the molecule is C/C=C/C1CCC(CCCCc2ccc(-c3ccc(I)c(O)c3N)cc2)CC1. The second kappa shape index (κ2) is 10.3. The maximum absolute atomic E-state index is 10.1. The van der Waals surface area contributed by atoms with Crippen LogP contribution in [-0.2, 0) is 6.42 Å². The lowest BCUT2D eigenvalue weighted by Crippen LogP contribution is -2.13. The van der Waals surface area contributed by atoms with E-state index in [1.807, 2.05) is 12.1 Å². The van der Waals surface area contributed by atoms with Crippen LogP contribution in [0.3, 0.4) is 0 Å². The number of aromatic hydroxyl groups is 1. The number of phenolic OH excluding ortho intramolecular Hbond substituents is 1. The van der Waals surface area contributed by atoms with Gasteiger partial charge < -0.3 is 10.8 Å². The number of rotatable bonds is 7. The fraction of sp³-hybridized carbons (Fsp3) is 0.440. The summed E-state index contributed by atoms with van der Waals surface area (Å²) in [5.41, 5.74) is 9.90. The van der Waals surface area contributed by atoms with Gasteiger partial charge in [-0.25, -0.2) is 0 Å². The Kier molecular flexibility index (Phi) is 7.83. The molecule has 2 nitrogen and oxygen atoms in total. The van der Waals surface area contributed by atoms with Crippen LogP contribution in [0.15, 0.2) is 48.6 Å². The molecule has 0 unspecified atom stereocenters. The third-order valence-electron chi connectivity index (χ3n) is 6.12. The van der Waals surface area contributed by atoms with Crippen LogP contribution in [0, 0.1) is 15.4 Å². The Balaban J connectivity index is 1.45. The molecule has 1 fully saturated rings. The molecule has 3 N–H and O–H groups in total. The van der Waals surface area contributed by atoms with Crippen molar-refractivity contribution in [2.75, 3.05) is 5.73 Å². The van der Waals surface area contributed by atoms with Gasteiger partial charge in [-0.2, -0.15) is 0 Å². The summed E-state index contributed by atoms with van der Waals surface area (Å²) in [6.07, 6.45) is 15.3. The minimum absolute atomic E-state index is 0.182. The van der Waals surface area contributed by atoms with Gasteiger partial charge in [0.2, 0.25) is 0 Å². The van der Waals surface area contributed by atoms with E-state index >= 15 is 0 Å². The third kappa shape index (κ3) is 5.53. The van der Waals surface area contributed by atoms with Crippen molar-refractivity contribution in [2.45, 2.75) is 58.3 Å². The first-order valence-corrected chi connectivity index (χ1v) is 11.7. The van der Waals surface area contributed by atoms with Gasteiger partial charge in [0.1, 0.15) is 0 Å². The highest BCUT2D eigenvalue weighted by molar-refractivity contribution is 14.1. The molecule has 0 bridgehead atoms. The smallest absolute Gasteiger partial charge is 0.152 e. The number of hydrogen-bond acceptors (Lipinski definition) is 2. The van der Waals surface area contributed by atoms with E-state index in [0.717, 1.165) is 33.0 Å². The number of anilines is 1. The van der Waals surface area contributed by atoms with Crippen LogP contribution in [0.2, 0.25) is 0 Å². The second-order valence-corrected chi connectivity index (χ2v) is 9.27. The van der Waals surface area contributed by atoms with Gasteiger partial charge in [-0.15, -0.1) is 0 Å². The first kappa shape index (κ1) is 21.2. The van der Waals surface area contributed by atoms with Crippen molar-refractivity contribution in [3.05, 3.63) is 57.7 Å². The molecule has 3 heteroatoms. The number of allylic oxidation sites excluding steroid dienone is 2. The molecule has 1 saturated carbocycles. The molecule has 1 aliphatic carbocycles. The maximum atomic E-state index is 10.1. The van der Waals surface area contributed by atoms with Crippen molar-refractivity contribution < 1.29 is 5.11 Å². The number of unbranched alkanes of at least 4 members (excludes halogenated alkanes) is 1. The average Bonchev–Trinajstić information content (AvgIpc) is 2.72. The Hall–Kier alpha value is -1.49. The summed E-state index contributed by atoms with van der Waals surface area (Å²) < 4.78 is 0.783. The number of nitrogens with two attached hydrogens (primary N) is 1. The first-order chi connectivity index (χ1) is 13.6. The minimum atomic E-state index is 0.182. The fourth-order valence-corrected chi connectivity index (χ4v) is 4.86. The van der Waals surface area contributed by atoms with E-state index in [9.17, 15) is 5.11 Å². The predicted octanol–water partition coefficient (Wildman–Crippen LogP) is 7.34. The Bertz CT molecular complexity index is 789. The van der Waals surface area contributed by atoms with Gasteiger partial charge >= 0.3 is 0 Å². The highest BCUT2D eigenvalue weighted by Crippen LogP contribution is 2.36. The van der Waals surface area contributed by atoms with Crippen molar-refractivity contribution in [3.8, 4) is 16.9 Å². The Morgan fingerprint density at radius 3 is 2.43 bits per heavy atom. The number of halogens is 1. The molecule has 2 aromatic rings. The standard InChI is InChI=1S/C25H32INO/c1-2-5-18-8-10-19(11-9-18)6-3-4-7-20-12-14-21(15-13-20)22-16-17-23(26)25(28)24(22)27/h2,5,12-19,28H,3-4,6-11,27H2,1H3/b5-2+. The van der Waals surface area contributed by atoms with Crippen LogP contribution in [0.5, 0.6) is 5.75 Å². The molecule has 2 aromatic carbocycles. The van der Waals surface area contributed by atoms with Gasteiger partial charge in [0.05, 0.1) is 9.26 Å². The van der Waals surface area contributed by atoms with E-state index in [1.54, 1.807) is 0 Å². The monoisotopic (exact) mass is 489 g/mol. The van der Waals surface area contributed by atoms with Gasteiger partial charge in [0.15, 0.2) is 5.75 Å². The fourth-order valence-electron chi connectivity index (χ4n) is 4.39. The van der Waals surface area contributed by atoms with Gasteiger partial charge in [-0.05, 0) is 97.1 Å². The van der Waals surface area contributed by atoms with Crippen molar-refractivity contribution in [1.29, 1.82) is 0 Å². The van der Waals surface area contributed by atoms with E-state index in [1.165, 1.54) is 50.5 Å². The van der Waals surface area contributed by atoms with E-state index in [-0.39, 0.29) is 5.75 Å². The number of hydrogen-bond donors (Lipinski definition) is 2. The van der Waals surface area contributed by atoms with Crippen molar-refractivity contribution in [3.63, 3.8) is 0 Å². The van der Waals surface area contributed by atoms with Crippen LogP contribution in [0.4, 0.5) is 5.69 Å². The second-order valence-electron chi connectivity index (χ2n) is 8.11. The summed E-state index contributed by atoms with van der Waals surface area (Å²) in [6.45, 7) is 2.14. The molecule has 28 heavy (non-hydrogen) atoms. The lowest BCUT2D eigenvalue weighted by molar-refractivity contribution is 0.289. The zero-order valence-corrected chi connectivity index (χ0v) is 19.0. The molecular formula is C25H32INO. The summed E-state index contributed by atoms with van der Waals surface area (Å²) in [4.78, 5) is 0. The van der Waals surface area contributed by atoms with Gasteiger partial charge in [-0.1, -0.05) is 55.3 Å². The topological polar surface area (TPSA) is 46.2 Å². The highest BCUT2D eigenvalue weighted by Gasteiger charge is 2.18. The lowest BCUT2D eigenvalue weighted by atomic mass is 9.79. The maximum Gasteiger partial charge on any atom is 0.152 e. The largest absolute Gasteiger partial charge is 0.505 e.